The van der Waals surface area contributed by atoms with E-state index in [1.807, 2.05) is 12.1 Å². The van der Waals surface area contributed by atoms with E-state index in [-0.39, 0.29) is 5.69 Å². The summed E-state index contributed by atoms with van der Waals surface area (Å²) < 4.78 is 1.43. The first kappa shape index (κ1) is 13.2. The van der Waals surface area contributed by atoms with Gasteiger partial charge in [-0.15, -0.1) is 5.10 Å². The predicted molar refractivity (Wildman–Crippen MR) is 76.2 cm³/mol. The second-order valence-corrected chi connectivity index (χ2v) is 4.67. The zero-order valence-corrected chi connectivity index (χ0v) is 11.2. The van der Waals surface area contributed by atoms with Crippen molar-refractivity contribution in [3.63, 3.8) is 0 Å². The normalized spacial score (nSPS) is 12.5. The number of nitro groups is 1. The van der Waals surface area contributed by atoms with Crippen molar-refractivity contribution in [1.82, 2.24) is 15.0 Å². The number of aromatic nitrogens is 3. The monoisotopic (exact) mass is 284 g/mol. The molecule has 0 saturated heterocycles. The van der Waals surface area contributed by atoms with Crippen LogP contribution in [0.1, 0.15) is 18.6 Å². The van der Waals surface area contributed by atoms with Crippen molar-refractivity contribution < 1.29 is 10.0 Å². The minimum atomic E-state index is -0.773. The molecule has 21 heavy (non-hydrogen) atoms. The molecular formula is C14H12N4O3. The summed E-state index contributed by atoms with van der Waals surface area (Å²) in [6.45, 7) is 1.56. The van der Waals surface area contributed by atoms with E-state index in [0.717, 1.165) is 0 Å². The highest BCUT2D eigenvalue weighted by Crippen LogP contribution is 2.28. The zero-order chi connectivity index (χ0) is 15.0. The van der Waals surface area contributed by atoms with Gasteiger partial charge < -0.3 is 5.11 Å². The SMILES string of the molecule is CC(O)c1ccc(-n2nnc3ccccc32)c([N+](=O)[O-])c1. The third kappa shape index (κ3) is 2.23. The number of aliphatic hydroxyl groups excluding tert-OH is 1. The minimum Gasteiger partial charge on any atom is -0.389 e. The van der Waals surface area contributed by atoms with Crippen LogP contribution in [0.25, 0.3) is 16.7 Å². The topological polar surface area (TPSA) is 94.1 Å². The number of para-hydroxylation sites is 1. The van der Waals surface area contributed by atoms with Gasteiger partial charge >= 0.3 is 0 Å². The second-order valence-electron chi connectivity index (χ2n) is 4.67. The summed E-state index contributed by atoms with van der Waals surface area (Å²) in [6, 6.07) is 11.8. The summed E-state index contributed by atoms with van der Waals surface area (Å²) in [5.41, 5.74) is 2.02. The quantitative estimate of drug-likeness (QED) is 0.588. The Bertz CT molecular complexity index is 826. The summed E-state index contributed by atoms with van der Waals surface area (Å²) in [4.78, 5) is 10.8. The third-order valence-corrected chi connectivity index (χ3v) is 3.26. The minimum absolute atomic E-state index is 0.121. The highest BCUT2D eigenvalue weighted by atomic mass is 16.6. The molecule has 0 radical (unpaired) electrons. The molecule has 1 unspecified atom stereocenters. The van der Waals surface area contributed by atoms with Crippen LogP contribution in [0.15, 0.2) is 42.5 Å². The van der Waals surface area contributed by atoms with E-state index in [4.69, 9.17) is 0 Å². The van der Waals surface area contributed by atoms with Crippen molar-refractivity contribution in [2.24, 2.45) is 0 Å². The Kier molecular flexibility index (Phi) is 3.11. The number of hydrogen-bond acceptors (Lipinski definition) is 5. The fourth-order valence-electron chi connectivity index (χ4n) is 2.17. The molecule has 1 N–H and O–H groups in total. The second kappa shape index (κ2) is 4.95. The lowest BCUT2D eigenvalue weighted by molar-refractivity contribution is -0.384. The number of fused-ring (bicyclic) bond motifs is 1. The summed E-state index contributed by atoms with van der Waals surface area (Å²) in [5, 5.41) is 28.8. The molecule has 1 heterocycles. The molecule has 0 bridgehead atoms. The molecule has 0 fully saturated rings. The van der Waals surface area contributed by atoms with Gasteiger partial charge in [0.1, 0.15) is 11.2 Å². The van der Waals surface area contributed by atoms with E-state index in [9.17, 15) is 15.2 Å². The van der Waals surface area contributed by atoms with E-state index in [1.165, 1.54) is 10.7 Å². The van der Waals surface area contributed by atoms with Crippen molar-refractivity contribution in [1.29, 1.82) is 0 Å². The molecule has 2 aromatic carbocycles. The Labute approximate surface area is 119 Å². The average Bonchev–Trinajstić information content (AvgIpc) is 2.90. The summed E-state index contributed by atoms with van der Waals surface area (Å²) in [5.74, 6) is 0. The van der Waals surface area contributed by atoms with Crippen molar-refractivity contribution >= 4 is 16.7 Å². The standard InChI is InChI=1S/C14H12N4O3/c1-9(19)10-6-7-13(14(8-10)18(20)21)17-12-5-3-2-4-11(12)15-16-17/h2-9,19H,1H3. The lowest BCUT2D eigenvalue weighted by atomic mass is 10.1. The Hall–Kier alpha value is -2.80. The fourth-order valence-corrected chi connectivity index (χ4v) is 2.17. The molecule has 106 valence electrons. The number of nitrogens with zero attached hydrogens (tertiary/aromatic N) is 4. The first-order valence-electron chi connectivity index (χ1n) is 6.35. The Morgan fingerprint density at radius 3 is 2.76 bits per heavy atom. The van der Waals surface area contributed by atoms with Crippen LogP contribution < -0.4 is 0 Å². The molecule has 7 heteroatoms. The van der Waals surface area contributed by atoms with Crippen molar-refractivity contribution in [3.05, 3.63) is 58.1 Å². The van der Waals surface area contributed by atoms with Gasteiger partial charge in [-0.3, -0.25) is 10.1 Å². The summed E-state index contributed by atoms with van der Waals surface area (Å²) in [6.07, 6.45) is -0.773. The molecule has 1 atom stereocenters. The molecule has 3 rings (SSSR count). The average molecular weight is 284 g/mol. The van der Waals surface area contributed by atoms with Crippen LogP contribution in [0.3, 0.4) is 0 Å². The van der Waals surface area contributed by atoms with E-state index in [2.05, 4.69) is 10.3 Å². The van der Waals surface area contributed by atoms with Crippen LogP contribution in [-0.2, 0) is 0 Å². The van der Waals surface area contributed by atoms with Gasteiger partial charge in [-0.2, -0.15) is 0 Å². The Morgan fingerprint density at radius 2 is 2.05 bits per heavy atom. The highest BCUT2D eigenvalue weighted by Gasteiger charge is 2.20. The van der Waals surface area contributed by atoms with E-state index in [1.54, 1.807) is 31.2 Å². The molecule has 0 aliphatic heterocycles. The molecule has 0 saturated carbocycles. The van der Waals surface area contributed by atoms with Crippen molar-refractivity contribution in [2.45, 2.75) is 13.0 Å². The van der Waals surface area contributed by atoms with Crippen LogP contribution in [0.5, 0.6) is 0 Å². The number of hydrogen-bond donors (Lipinski definition) is 1. The zero-order valence-electron chi connectivity index (χ0n) is 11.2. The molecule has 3 aromatic rings. The molecule has 0 spiro atoms. The van der Waals surface area contributed by atoms with Gasteiger partial charge in [0.25, 0.3) is 5.69 Å². The predicted octanol–water partition coefficient (Wildman–Crippen LogP) is 2.38. The van der Waals surface area contributed by atoms with Crippen LogP contribution in [0, 0.1) is 10.1 Å². The van der Waals surface area contributed by atoms with Crippen molar-refractivity contribution in [3.8, 4) is 5.69 Å². The van der Waals surface area contributed by atoms with Crippen LogP contribution in [0.4, 0.5) is 5.69 Å². The Morgan fingerprint density at radius 1 is 1.29 bits per heavy atom. The lowest BCUT2D eigenvalue weighted by Gasteiger charge is -2.08. The largest absolute Gasteiger partial charge is 0.389 e. The van der Waals surface area contributed by atoms with Gasteiger partial charge in [0, 0.05) is 6.07 Å². The van der Waals surface area contributed by atoms with E-state index in [0.29, 0.717) is 22.3 Å². The molecule has 0 aliphatic rings. The maximum Gasteiger partial charge on any atom is 0.295 e. The summed E-state index contributed by atoms with van der Waals surface area (Å²) in [7, 11) is 0. The number of nitro benzene ring substituents is 1. The molecule has 0 aliphatic carbocycles. The van der Waals surface area contributed by atoms with Gasteiger partial charge in [-0.05, 0) is 30.7 Å². The van der Waals surface area contributed by atoms with Crippen LogP contribution in [-0.4, -0.2) is 25.0 Å². The lowest BCUT2D eigenvalue weighted by Crippen LogP contribution is -2.03. The van der Waals surface area contributed by atoms with Crippen molar-refractivity contribution in [2.75, 3.05) is 0 Å². The highest BCUT2D eigenvalue weighted by molar-refractivity contribution is 5.77. The van der Waals surface area contributed by atoms with Crippen LogP contribution >= 0.6 is 0 Å². The number of rotatable bonds is 3. The summed E-state index contributed by atoms with van der Waals surface area (Å²) >= 11 is 0. The van der Waals surface area contributed by atoms with Gasteiger partial charge in [0.05, 0.1) is 16.5 Å². The molecule has 1 aromatic heterocycles. The number of aliphatic hydroxyl groups is 1. The first-order chi connectivity index (χ1) is 10.1. The Balaban J connectivity index is 2.24. The smallest absolute Gasteiger partial charge is 0.295 e. The van der Waals surface area contributed by atoms with Gasteiger partial charge in [-0.25, -0.2) is 4.68 Å². The molecule has 7 nitrogen and oxygen atoms in total. The maximum atomic E-state index is 11.3. The van der Waals surface area contributed by atoms with Gasteiger partial charge in [0.2, 0.25) is 0 Å². The first-order valence-corrected chi connectivity index (χ1v) is 6.35. The van der Waals surface area contributed by atoms with Crippen LogP contribution in [0.2, 0.25) is 0 Å². The number of benzene rings is 2. The van der Waals surface area contributed by atoms with E-state index >= 15 is 0 Å². The maximum absolute atomic E-state index is 11.3. The third-order valence-electron chi connectivity index (χ3n) is 3.26. The fraction of sp³-hybridized carbons (Fsp3) is 0.143. The van der Waals surface area contributed by atoms with Gasteiger partial charge in [-0.1, -0.05) is 23.4 Å². The van der Waals surface area contributed by atoms with E-state index < -0.39 is 11.0 Å². The molecule has 0 amide bonds. The molecular weight excluding hydrogens is 272 g/mol. The van der Waals surface area contributed by atoms with Gasteiger partial charge in [0.15, 0.2) is 0 Å².